The van der Waals surface area contributed by atoms with E-state index in [0.717, 1.165) is 12.2 Å². The SMILES string of the molecule is O=C1NC(SCc2ccccc2)CCC1O. The number of aliphatic hydroxyl groups is 1. The molecule has 0 aliphatic carbocycles. The number of hydrogen-bond donors (Lipinski definition) is 2. The van der Waals surface area contributed by atoms with E-state index in [2.05, 4.69) is 17.4 Å². The van der Waals surface area contributed by atoms with Crippen molar-refractivity contribution < 1.29 is 9.90 Å². The van der Waals surface area contributed by atoms with Crippen LogP contribution in [-0.2, 0) is 10.5 Å². The Labute approximate surface area is 99.2 Å². The number of piperidine rings is 1. The van der Waals surface area contributed by atoms with Gasteiger partial charge in [-0.05, 0) is 18.4 Å². The minimum atomic E-state index is -0.812. The minimum absolute atomic E-state index is 0.135. The number of carbonyl (C=O) groups excluding carboxylic acids is 1. The lowest BCUT2D eigenvalue weighted by atomic mass is 10.1. The monoisotopic (exact) mass is 237 g/mol. The Morgan fingerprint density at radius 1 is 1.31 bits per heavy atom. The van der Waals surface area contributed by atoms with Gasteiger partial charge in [-0.1, -0.05) is 30.3 Å². The van der Waals surface area contributed by atoms with E-state index in [1.165, 1.54) is 5.56 Å². The topological polar surface area (TPSA) is 49.3 Å². The highest BCUT2D eigenvalue weighted by molar-refractivity contribution is 7.99. The highest BCUT2D eigenvalue weighted by atomic mass is 32.2. The molecule has 0 radical (unpaired) electrons. The van der Waals surface area contributed by atoms with Crippen LogP contribution in [0.2, 0.25) is 0 Å². The number of amides is 1. The van der Waals surface area contributed by atoms with Gasteiger partial charge >= 0.3 is 0 Å². The third-order valence-electron chi connectivity index (χ3n) is 2.60. The fraction of sp³-hybridized carbons (Fsp3) is 0.417. The molecule has 1 aliphatic heterocycles. The molecule has 2 atom stereocenters. The average Bonchev–Trinajstić information content (AvgIpc) is 2.32. The maximum absolute atomic E-state index is 11.2. The summed E-state index contributed by atoms with van der Waals surface area (Å²) in [6.45, 7) is 0. The second-order valence-electron chi connectivity index (χ2n) is 3.89. The maximum atomic E-state index is 11.2. The molecule has 86 valence electrons. The molecule has 2 rings (SSSR count). The predicted molar refractivity (Wildman–Crippen MR) is 64.9 cm³/mol. The molecule has 2 unspecified atom stereocenters. The number of aliphatic hydroxyl groups excluding tert-OH is 1. The summed E-state index contributed by atoms with van der Waals surface area (Å²) >= 11 is 1.71. The van der Waals surface area contributed by atoms with Crippen LogP contribution in [0.25, 0.3) is 0 Å². The highest BCUT2D eigenvalue weighted by Gasteiger charge is 2.25. The first kappa shape index (κ1) is 11.5. The summed E-state index contributed by atoms with van der Waals surface area (Å²) in [5.74, 6) is 0.652. The minimum Gasteiger partial charge on any atom is -0.383 e. The first-order chi connectivity index (χ1) is 7.75. The Bertz CT molecular complexity index is 355. The Hall–Kier alpha value is -1.00. The van der Waals surface area contributed by atoms with Gasteiger partial charge in [0.25, 0.3) is 0 Å². The first-order valence-electron chi connectivity index (χ1n) is 5.39. The lowest BCUT2D eigenvalue weighted by Gasteiger charge is -2.25. The van der Waals surface area contributed by atoms with E-state index in [1.54, 1.807) is 11.8 Å². The molecule has 1 saturated heterocycles. The van der Waals surface area contributed by atoms with Crippen molar-refractivity contribution in [3.05, 3.63) is 35.9 Å². The van der Waals surface area contributed by atoms with E-state index < -0.39 is 6.10 Å². The van der Waals surface area contributed by atoms with Crippen molar-refractivity contribution >= 4 is 17.7 Å². The molecule has 1 fully saturated rings. The Morgan fingerprint density at radius 3 is 2.75 bits per heavy atom. The smallest absolute Gasteiger partial charge is 0.249 e. The van der Waals surface area contributed by atoms with Crippen LogP contribution in [0.3, 0.4) is 0 Å². The second kappa shape index (κ2) is 5.37. The summed E-state index contributed by atoms with van der Waals surface area (Å²) in [4.78, 5) is 11.2. The number of benzene rings is 1. The molecule has 2 N–H and O–H groups in total. The first-order valence-corrected chi connectivity index (χ1v) is 6.44. The molecule has 3 nitrogen and oxygen atoms in total. The van der Waals surface area contributed by atoms with Gasteiger partial charge in [0.05, 0.1) is 5.37 Å². The predicted octanol–water partition coefficient (Wildman–Crippen LogP) is 1.52. The fourth-order valence-electron chi connectivity index (χ4n) is 1.66. The third-order valence-corrected chi connectivity index (χ3v) is 3.86. The van der Waals surface area contributed by atoms with E-state index in [-0.39, 0.29) is 11.3 Å². The summed E-state index contributed by atoms with van der Waals surface area (Å²) < 4.78 is 0. The van der Waals surface area contributed by atoms with Gasteiger partial charge in [-0.15, -0.1) is 11.8 Å². The number of nitrogens with one attached hydrogen (secondary N) is 1. The van der Waals surface area contributed by atoms with Gasteiger partial charge in [0.15, 0.2) is 0 Å². The molecule has 1 aromatic carbocycles. The molecular weight excluding hydrogens is 222 g/mol. The van der Waals surface area contributed by atoms with E-state index >= 15 is 0 Å². The summed E-state index contributed by atoms with van der Waals surface area (Å²) in [6.07, 6.45) is 0.594. The molecule has 0 aromatic heterocycles. The van der Waals surface area contributed by atoms with Gasteiger partial charge in [0.2, 0.25) is 5.91 Å². The largest absolute Gasteiger partial charge is 0.383 e. The van der Waals surface area contributed by atoms with Crippen LogP contribution in [0, 0.1) is 0 Å². The lowest BCUT2D eigenvalue weighted by Crippen LogP contribution is -2.45. The van der Waals surface area contributed by atoms with E-state index in [0.29, 0.717) is 6.42 Å². The van der Waals surface area contributed by atoms with Crippen LogP contribution < -0.4 is 5.32 Å². The second-order valence-corrected chi connectivity index (χ2v) is 5.08. The normalized spacial score (nSPS) is 25.2. The van der Waals surface area contributed by atoms with Crippen molar-refractivity contribution in [2.45, 2.75) is 30.1 Å². The molecule has 4 heteroatoms. The summed E-state index contributed by atoms with van der Waals surface area (Å²) in [7, 11) is 0. The molecule has 1 aliphatic rings. The molecule has 16 heavy (non-hydrogen) atoms. The van der Waals surface area contributed by atoms with Gasteiger partial charge in [0, 0.05) is 5.75 Å². The van der Waals surface area contributed by atoms with Gasteiger partial charge in [-0.3, -0.25) is 4.79 Å². The molecule has 0 bridgehead atoms. The summed E-state index contributed by atoms with van der Waals surface area (Å²) in [5.41, 5.74) is 1.26. The summed E-state index contributed by atoms with van der Waals surface area (Å²) in [6, 6.07) is 10.2. The highest BCUT2D eigenvalue weighted by Crippen LogP contribution is 2.23. The number of hydrogen-bond acceptors (Lipinski definition) is 3. The van der Waals surface area contributed by atoms with Gasteiger partial charge in [-0.25, -0.2) is 0 Å². The zero-order valence-electron chi connectivity index (χ0n) is 8.93. The van der Waals surface area contributed by atoms with Crippen LogP contribution in [0.4, 0.5) is 0 Å². The molecule has 0 spiro atoms. The van der Waals surface area contributed by atoms with Crippen molar-refractivity contribution in [2.24, 2.45) is 0 Å². The average molecular weight is 237 g/mol. The Morgan fingerprint density at radius 2 is 2.06 bits per heavy atom. The van der Waals surface area contributed by atoms with Gasteiger partial charge in [0.1, 0.15) is 6.10 Å². The Balaban J connectivity index is 1.81. The zero-order valence-corrected chi connectivity index (χ0v) is 9.74. The molecular formula is C12H15NO2S. The van der Waals surface area contributed by atoms with Crippen molar-refractivity contribution in [1.82, 2.24) is 5.32 Å². The van der Waals surface area contributed by atoms with Crippen LogP contribution in [0.15, 0.2) is 30.3 Å². The van der Waals surface area contributed by atoms with Crippen molar-refractivity contribution in [3.63, 3.8) is 0 Å². The quantitative estimate of drug-likeness (QED) is 0.838. The number of rotatable bonds is 3. The van der Waals surface area contributed by atoms with Crippen molar-refractivity contribution in [3.8, 4) is 0 Å². The molecule has 1 amide bonds. The third kappa shape index (κ3) is 3.00. The van der Waals surface area contributed by atoms with Crippen LogP contribution in [0.5, 0.6) is 0 Å². The van der Waals surface area contributed by atoms with Crippen LogP contribution in [-0.4, -0.2) is 22.5 Å². The maximum Gasteiger partial charge on any atom is 0.249 e. The van der Waals surface area contributed by atoms with E-state index in [4.69, 9.17) is 0 Å². The Kier molecular flexibility index (Phi) is 3.85. The molecule has 1 aromatic rings. The van der Waals surface area contributed by atoms with Crippen molar-refractivity contribution in [2.75, 3.05) is 0 Å². The lowest BCUT2D eigenvalue weighted by molar-refractivity contribution is -0.131. The number of carbonyl (C=O) groups is 1. The van der Waals surface area contributed by atoms with Gasteiger partial charge < -0.3 is 10.4 Å². The van der Waals surface area contributed by atoms with Crippen molar-refractivity contribution in [1.29, 1.82) is 0 Å². The van der Waals surface area contributed by atoms with Crippen LogP contribution >= 0.6 is 11.8 Å². The van der Waals surface area contributed by atoms with E-state index in [1.807, 2.05) is 18.2 Å². The molecule has 1 heterocycles. The van der Waals surface area contributed by atoms with E-state index in [9.17, 15) is 9.90 Å². The number of thioether (sulfide) groups is 1. The standard InChI is InChI=1S/C12H15NO2S/c14-10-6-7-11(13-12(10)15)16-8-9-4-2-1-3-5-9/h1-5,10-11,14H,6-8H2,(H,13,15). The fourth-order valence-corrected chi connectivity index (χ4v) is 2.75. The summed E-state index contributed by atoms with van der Waals surface area (Å²) in [5, 5.41) is 12.2. The van der Waals surface area contributed by atoms with Gasteiger partial charge in [-0.2, -0.15) is 0 Å². The van der Waals surface area contributed by atoms with Crippen LogP contribution in [0.1, 0.15) is 18.4 Å². The zero-order chi connectivity index (χ0) is 11.4. The molecule has 0 saturated carbocycles.